The molecule has 0 saturated carbocycles. The number of aliphatic carboxylic acids is 1. The van der Waals surface area contributed by atoms with Gasteiger partial charge in [0.05, 0.1) is 18.4 Å². The third-order valence-electron chi connectivity index (χ3n) is 4.38. The molecular weight excluding hydrogens is 394 g/mol. The number of ether oxygens (including phenoxy) is 1. The minimum absolute atomic E-state index is 0.0608. The molecule has 0 aromatic heterocycles. The highest BCUT2D eigenvalue weighted by Crippen LogP contribution is 2.34. The standard InChI is InChI=1S/C21H25NO6S/c1-14(23)8-9-22-13-16-12-17(29(3,26)27)5-6-18(16)19-10-15(11-21(24)25)4-7-20(19)28-2/h4-7,10,12,22H,8-9,11,13H2,1-3H3,(H,24,25). The maximum absolute atomic E-state index is 12.0. The largest absolute Gasteiger partial charge is 0.496 e. The zero-order chi connectivity index (χ0) is 21.6. The molecule has 156 valence electrons. The quantitative estimate of drug-likeness (QED) is 0.569. The van der Waals surface area contributed by atoms with Gasteiger partial charge in [-0.15, -0.1) is 0 Å². The van der Waals surface area contributed by atoms with Crippen molar-refractivity contribution in [3.8, 4) is 16.9 Å². The third-order valence-corrected chi connectivity index (χ3v) is 5.49. The Hall–Kier alpha value is -2.71. The molecular formula is C21H25NO6S. The van der Waals surface area contributed by atoms with Gasteiger partial charge in [-0.25, -0.2) is 8.42 Å². The zero-order valence-electron chi connectivity index (χ0n) is 16.7. The average molecular weight is 419 g/mol. The molecule has 0 atom stereocenters. The second-order valence-corrected chi connectivity index (χ2v) is 8.84. The van der Waals surface area contributed by atoms with Crippen LogP contribution in [-0.2, 0) is 32.4 Å². The van der Waals surface area contributed by atoms with Crippen LogP contribution >= 0.6 is 0 Å². The SMILES string of the molecule is COc1ccc(CC(=O)O)cc1-c1ccc(S(C)(=O)=O)cc1CNCCC(C)=O. The van der Waals surface area contributed by atoms with Crippen LogP contribution < -0.4 is 10.1 Å². The van der Waals surface area contributed by atoms with Crippen molar-refractivity contribution in [1.29, 1.82) is 0 Å². The number of methoxy groups -OCH3 is 1. The van der Waals surface area contributed by atoms with Gasteiger partial charge < -0.3 is 15.2 Å². The summed E-state index contributed by atoms with van der Waals surface area (Å²) in [6.45, 7) is 2.32. The van der Waals surface area contributed by atoms with Gasteiger partial charge in [0, 0.05) is 31.3 Å². The fourth-order valence-electron chi connectivity index (χ4n) is 2.95. The Labute approximate surface area is 170 Å². The number of carbonyl (C=O) groups excluding carboxylic acids is 1. The summed E-state index contributed by atoms with van der Waals surface area (Å²) < 4.78 is 29.4. The molecule has 29 heavy (non-hydrogen) atoms. The van der Waals surface area contributed by atoms with Crippen LogP contribution in [0.1, 0.15) is 24.5 Å². The number of ketones is 1. The number of rotatable bonds is 10. The molecule has 2 aromatic carbocycles. The fourth-order valence-corrected chi connectivity index (χ4v) is 3.62. The summed E-state index contributed by atoms with van der Waals surface area (Å²) in [5.41, 5.74) is 2.73. The predicted octanol–water partition coefficient (Wildman–Crippen LogP) is 2.46. The predicted molar refractivity (Wildman–Crippen MR) is 110 cm³/mol. The van der Waals surface area contributed by atoms with Gasteiger partial charge in [-0.3, -0.25) is 9.59 Å². The summed E-state index contributed by atoms with van der Waals surface area (Å²) in [7, 11) is -1.88. The first-order chi connectivity index (χ1) is 13.6. The van der Waals surface area contributed by atoms with E-state index in [1.165, 1.54) is 20.1 Å². The topological polar surface area (TPSA) is 110 Å². The second-order valence-electron chi connectivity index (χ2n) is 6.83. The van der Waals surface area contributed by atoms with E-state index in [0.717, 1.165) is 11.8 Å². The number of benzene rings is 2. The van der Waals surface area contributed by atoms with Crippen LogP contribution in [0.3, 0.4) is 0 Å². The Balaban J connectivity index is 2.52. The highest BCUT2D eigenvalue weighted by atomic mass is 32.2. The molecule has 8 heteroatoms. The lowest BCUT2D eigenvalue weighted by Gasteiger charge is -2.16. The van der Waals surface area contributed by atoms with Crippen LogP contribution in [0.25, 0.3) is 11.1 Å². The molecule has 0 unspecified atom stereocenters. The van der Waals surface area contributed by atoms with E-state index in [4.69, 9.17) is 9.84 Å². The second kappa shape index (κ2) is 9.67. The lowest BCUT2D eigenvalue weighted by Crippen LogP contribution is -2.17. The van der Waals surface area contributed by atoms with Gasteiger partial charge in [0.2, 0.25) is 0 Å². The molecule has 0 heterocycles. The minimum Gasteiger partial charge on any atom is -0.496 e. The molecule has 2 aromatic rings. The molecule has 0 radical (unpaired) electrons. The molecule has 2 rings (SSSR count). The summed E-state index contributed by atoms with van der Waals surface area (Å²) in [6.07, 6.45) is 1.38. The molecule has 0 saturated heterocycles. The van der Waals surface area contributed by atoms with Crippen molar-refractivity contribution in [3.63, 3.8) is 0 Å². The summed E-state index contributed by atoms with van der Waals surface area (Å²) in [6, 6.07) is 9.93. The van der Waals surface area contributed by atoms with Gasteiger partial charge in [0.1, 0.15) is 11.5 Å². The van der Waals surface area contributed by atoms with Gasteiger partial charge >= 0.3 is 5.97 Å². The van der Waals surface area contributed by atoms with E-state index in [0.29, 0.717) is 42.0 Å². The van der Waals surface area contributed by atoms with E-state index < -0.39 is 15.8 Å². The summed E-state index contributed by atoms with van der Waals surface area (Å²) in [5.74, 6) is -0.332. The van der Waals surface area contributed by atoms with E-state index in [9.17, 15) is 18.0 Å². The summed E-state index contributed by atoms with van der Waals surface area (Å²) >= 11 is 0. The first-order valence-electron chi connectivity index (χ1n) is 9.04. The van der Waals surface area contributed by atoms with Crippen molar-refractivity contribution in [2.45, 2.75) is 31.2 Å². The number of Topliss-reactive ketones (excluding diaryl/α,β-unsaturated/α-hetero) is 1. The molecule has 0 aliphatic rings. The van der Waals surface area contributed by atoms with E-state index >= 15 is 0 Å². The van der Waals surface area contributed by atoms with Crippen molar-refractivity contribution in [3.05, 3.63) is 47.5 Å². The monoisotopic (exact) mass is 419 g/mol. The van der Waals surface area contributed by atoms with E-state index in [1.54, 1.807) is 30.3 Å². The molecule has 0 aliphatic carbocycles. The fraction of sp³-hybridized carbons (Fsp3) is 0.333. The van der Waals surface area contributed by atoms with Crippen molar-refractivity contribution >= 4 is 21.6 Å². The van der Waals surface area contributed by atoms with E-state index in [2.05, 4.69) is 5.32 Å². The number of hydrogen-bond acceptors (Lipinski definition) is 6. The minimum atomic E-state index is -3.40. The highest BCUT2D eigenvalue weighted by molar-refractivity contribution is 7.90. The smallest absolute Gasteiger partial charge is 0.307 e. The highest BCUT2D eigenvalue weighted by Gasteiger charge is 2.16. The lowest BCUT2D eigenvalue weighted by molar-refractivity contribution is -0.136. The Kier molecular flexibility index (Phi) is 7.53. The average Bonchev–Trinajstić information content (AvgIpc) is 2.63. The van der Waals surface area contributed by atoms with Gasteiger partial charge in [-0.2, -0.15) is 0 Å². The lowest BCUT2D eigenvalue weighted by atomic mass is 9.96. The number of carboxylic acids is 1. The van der Waals surface area contributed by atoms with E-state index in [-0.39, 0.29) is 17.1 Å². The number of sulfone groups is 1. The van der Waals surface area contributed by atoms with Crippen LogP contribution in [-0.4, -0.2) is 45.2 Å². The van der Waals surface area contributed by atoms with Gasteiger partial charge in [-0.1, -0.05) is 12.1 Å². The molecule has 0 amide bonds. The van der Waals surface area contributed by atoms with Crippen LogP contribution in [0, 0.1) is 0 Å². The Morgan fingerprint density at radius 1 is 1.10 bits per heavy atom. The van der Waals surface area contributed by atoms with Crippen LogP contribution in [0.15, 0.2) is 41.3 Å². The summed E-state index contributed by atoms with van der Waals surface area (Å²) in [5, 5.41) is 12.2. The van der Waals surface area contributed by atoms with Crippen molar-refractivity contribution in [2.75, 3.05) is 19.9 Å². The molecule has 0 aliphatic heterocycles. The maximum atomic E-state index is 12.0. The molecule has 0 fully saturated rings. The Bertz CT molecular complexity index is 1010. The summed E-state index contributed by atoms with van der Waals surface area (Å²) in [4.78, 5) is 22.4. The van der Waals surface area contributed by atoms with Crippen molar-refractivity contribution in [2.24, 2.45) is 0 Å². The van der Waals surface area contributed by atoms with Crippen molar-refractivity contribution in [1.82, 2.24) is 5.32 Å². The number of nitrogens with one attached hydrogen (secondary N) is 1. The Morgan fingerprint density at radius 3 is 2.41 bits per heavy atom. The van der Waals surface area contributed by atoms with Crippen LogP contribution in [0.5, 0.6) is 5.75 Å². The van der Waals surface area contributed by atoms with Crippen LogP contribution in [0.4, 0.5) is 0 Å². The molecule has 2 N–H and O–H groups in total. The molecule has 0 bridgehead atoms. The number of carboxylic acid groups (broad SMARTS) is 1. The Morgan fingerprint density at radius 2 is 1.83 bits per heavy atom. The number of carbonyl (C=O) groups is 2. The molecule has 0 spiro atoms. The van der Waals surface area contributed by atoms with Gasteiger partial charge in [0.15, 0.2) is 9.84 Å². The van der Waals surface area contributed by atoms with Gasteiger partial charge in [-0.05, 0) is 47.9 Å². The third kappa shape index (κ3) is 6.40. The maximum Gasteiger partial charge on any atom is 0.307 e. The first kappa shape index (κ1) is 22.6. The van der Waals surface area contributed by atoms with Crippen LogP contribution in [0.2, 0.25) is 0 Å². The molecule has 7 nitrogen and oxygen atoms in total. The van der Waals surface area contributed by atoms with Gasteiger partial charge in [0.25, 0.3) is 0 Å². The van der Waals surface area contributed by atoms with Crippen molar-refractivity contribution < 1.29 is 27.9 Å². The van der Waals surface area contributed by atoms with E-state index in [1.807, 2.05) is 0 Å². The first-order valence-corrected chi connectivity index (χ1v) is 10.9. The number of hydrogen-bond donors (Lipinski definition) is 2. The zero-order valence-corrected chi connectivity index (χ0v) is 17.5. The normalized spacial score (nSPS) is 11.3.